The molecule has 1 fully saturated rings. The highest BCUT2D eigenvalue weighted by molar-refractivity contribution is 7.89. The quantitative estimate of drug-likeness (QED) is 0.862. The Kier molecular flexibility index (Phi) is 4.90. The molecule has 1 aromatic rings. The first kappa shape index (κ1) is 15.1. The summed E-state index contributed by atoms with van der Waals surface area (Å²) >= 11 is 0. The molecular formula is C12H20N4O3S. The van der Waals surface area contributed by atoms with E-state index in [4.69, 9.17) is 4.74 Å². The van der Waals surface area contributed by atoms with Crippen molar-refractivity contribution in [2.45, 2.75) is 31.2 Å². The number of morpholine rings is 1. The summed E-state index contributed by atoms with van der Waals surface area (Å²) in [7, 11) is -3.55. The molecule has 0 aliphatic carbocycles. The largest absolute Gasteiger partial charge is 0.378 e. The molecule has 1 aliphatic rings. The number of nitrogens with one attached hydrogen (secondary N) is 1. The molecule has 0 saturated carbocycles. The molecule has 0 aromatic carbocycles. The number of aromatic nitrogens is 2. The van der Waals surface area contributed by atoms with E-state index in [1.165, 1.54) is 16.7 Å². The Balaban J connectivity index is 2.24. The van der Waals surface area contributed by atoms with E-state index in [9.17, 15) is 8.42 Å². The van der Waals surface area contributed by atoms with Crippen molar-refractivity contribution in [3.05, 3.63) is 12.4 Å². The zero-order valence-corrected chi connectivity index (χ0v) is 12.6. The highest BCUT2D eigenvalue weighted by Gasteiger charge is 2.33. The van der Waals surface area contributed by atoms with Gasteiger partial charge in [0.15, 0.2) is 0 Å². The van der Waals surface area contributed by atoms with Crippen LogP contribution < -0.4 is 5.32 Å². The van der Waals surface area contributed by atoms with Gasteiger partial charge in [-0.1, -0.05) is 6.92 Å². The minimum Gasteiger partial charge on any atom is -0.378 e. The van der Waals surface area contributed by atoms with Crippen molar-refractivity contribution in [2.75, 3.05) is 31.6 Å². The molecule has 20 heavy (non-hydrogen) atoms. The van der Waals surface area contributed by atoms with Crippen molar-refractivity contribution in [3.8, 4) is 0 Å². The summed E-state index contributed by atoms with van der Waals surface area (Å²) in [4.78, 5) is 8.17. The Labute approximate surface area is 119 Å². The molecule has 7 nitrogen and oxygen atoms in total. The van der Waals surface area contributed by atoms with Crippen LogP contribution in [-0.2, 0) is 14.8 Å². The number of hydrogen-bond acceptors (Lipinski definition) is 6. The summed E-state index contributed by atoms with van der Waals surface area (Å²) in [6, 6.07) is -0.123. The monoisotopic (exact) mass is 300 g/mol. The Hall–Kier alpha value is -1.25. The fourth-order valence-electron chi connectivity index (χ4n) is 2.11. The van der Waals surface area contributed by atoms with Crippen LogP contribution >= 0.6 is 0 Å². The molecule has 2 heterocycles. The molecule has 0 amide bonds. The summed E-state index contributed by atoms with van der Waals surface area (Å²) in [5.74, 6) is 0.431. The zero-order chi connectivity index (χ0) is 14.6. The number of ether oxygens (including phenoxy) is 1. The maximum atomic E-state index is 12.6. The van der Waals surface area contributed by atoms with E-state index < -0.39 is 10.0 Å². The van der Waals surface area contributed by atoms with Crippen molar-refractivity contribution >= 4 is 16.0 Å². The summed E-state index contributed by atoms with van der Waals surface area (Å²) in [5.41, 5.74) is 0. The van der Waals surface area contributed by atoms with Gasteiger partial charge < -0.3 is 10.1 Å². The van der Waals surface area contributed by atoms with Crippen molar-refractivity contribution < 1.29 is 13.2 Å². The van der Waals surface area contributed by atoms with E-state index in [-0.39, 0.29) is 10.9 Å². The summed E-state index contributed by atoms with van der Waals surface area (Å²) in [6.45, 7) is 5.79. The Morgan fingerprint density at radius 1 is 1.40 bits per heavy atom. The second-order valence-electron chi connectivity index (χ2n) is 4.53. The number of rotatable bonds is 5. The van der Waals surface area contributed by atoms with Crippen LogP contribution in [0.5, 0.6) is 0 Å². The van der Waals surface area contributed by atoms with E-state index in [1.807, 2.05) is 13.8 Å². The van der Waals surface area contributed by atoms with Gasteiger partial charge in [-0.05, 0) is 13.3 Å². The molecule has 112 valence electrons. The molecule has 0 spiro atoms. The summed E-state index contributed by atoms with van der Waals surface area (Å²) in [5, 5.41) is 2.94. The van der Waals surface area contributed by atoms with Gasteiger partial charge in [0.2, 0.25) is 16.0 Å². The lowest BCUT2D eigenvalue weighted by Crippen LogP contribution is -2.48. The molecule has 8 heteroatoms. The van der Waals surface area contributed by atoms with Crippen LogP contribution in [0.15, 0.2) is 17.3 Å². The average molecular weight is 300 g/mol. The minimum atomic E-state index is -3.55. The fraction of sp³-hybridized carbons (Fsp3) is 0.667. The van der Waals surface area contributed by atoms with Crippen molar-refractivity contribution in [2.24, 2.45) is 0 Å². The topological polar surface area (TPSA) is 84.4 Å². The predicted molar refractivity (Wildman–Crippen MR) is 75.0 cm³/mol. The maximum absolute atomic E-state index is 12.6. The lowest BCUT2D eigenvalue weighted by atomic mass is 10.2. The van der Waals surface area contributed by atoms with Crippen LogP contribution in [0.4, 0.5) is 5.95 Å². The number of nitrogens with zero attached hydrogens (tertiary/aromatic N) is 3. The molecule has 1 N–H and O–H groups in total. The van der Waals surface area contributed by atoms with Crippen LogP contribution in [0.2, 0.25) is 0 Å². The molecular weight excluding hydrogens is 280 g/mol. The SMILES string of the molecule is CCNc1ncc(S(=O)(=O)N2CCOCC2CC)cn1. The van der Waals surface area contributed by atoms with Crippen LogP contribution in [0.25, 0.3) is 0 Å². The minimum absolute atomic E-state index is 0.123. The zero-order valence-electron chi connectivity index (χ0n) is 11.7. The van der Waals surface area contributed by atoms with Gasteiger partial charge in [0.25, 0.3) is 0 Å². The molecule has 1 unspecified atom stereocenters. The van der Waals surface area contributed by atoms with E-state index in [1.54, 1.807) is 0 Å². The normalized spacial score (nSPS) is 20.8. The van der Waals surface area contributed by atoms with Gasteiger partial charge in [-0.25, -0.2) is 18.4 Å². The van der Waals surface area contributed by atoms with Crippen molar-refractivity contribution in [1.82, 2.24) is 14.3 Å². The highest BCUT2D eigenvalue weighted by Crippen LogP contribution is 2.21. The molecule has 2 rings (SSSR count). The van der Waals surface area contributed by atoms with Crippen LogP contribution in [0.1, 0.15) is 20.3 Å². The first-order valence-corrected chi connectivity index (χ1v) is 8.19. The van der Waals surface area contributed by atoms with Gasteiger partial charge in [-0.2, -0.15) is 4.31 Å². The van der Waals surface area contributed by atoms with Gasteiger partial charge in [0.1, 0.15) is 4.90 Å². The van der Waals surface area contributed by atoms with Crippen LogP contribution in [0.3, 0.4) is 0 Å². The van der Waals surface area contributed by atoms with E-state index in [2.05, 4.69) is 15.3 Å². The predicted octanol–water partition coefficient (Wildman–Crippen LogP) is 0.708. The second-order valence-corrected chi connectivity index (χ2v) is 6.42. The van der Waals surface area contributed by atoms with Crippen LogP contribution in [-0.4, -0.2) is 55.0 Å². The van der Waals surface area contributed by atoms with E-state index in [0.29, 0.717) is 32.3 Å². The fourth-order valence-corrected chi connectivity index (χ4v) is 3.67. The Bertz CT molecular complexity index is 532. The Morgan fingerprint density at radius 2 is 2.10 bits per heavy atom. The number of anilines is 1. The molecule has 1 aromatic heterocycles. The first-order valence-electron chi connectivity index (χ1n) is 6.75. The maximum Gasteiger partial charge on any atom is 0.246 e. The standard InChI is InChI=1S/C12H20N4O3S/c1-3-10-9-19-6-5-16(10)20(17,18)11-7-14-12(13-4-2)15-8-11/h7-8,10H,3-6,9H2,1-2H3,(H,13,14,15). The van der Waals surface area contributed by atoms with Gasteiger partial charge >= 0.3 is 0 Å². The van der Waals surface area contributed by atoms with Gasteiger partial charge in [0.05, 0.1) is 25.6 Å². The van der Waals surface area contributed by atoms with Gasteiger partial charge in [-0.15, -0.1) is 0 Å². The first-order chi connectivity index (χ1) is 9.59. The van der Waals surface area contributed by atoms with E-state index in [0.717, 1.165) is 6.42 Å². The number of sulfonamides is 1. The third kappa shape index (κ3) is 3.08. The average Bonchev–Trinajstić information content (AvgIpc) is 2.48. The summed E-state index contributed by atoms with van der Waals surface area (Å²) in [6.07, 6.45) is 3.42. The molecule has 0 radical (unpaired) electrons. The van der Waals surface area contributed by atoms with Crippen molar-refractivity contribution in [3.63, 3.8) is 0 Å². The highest BCUT2D eigenvalue weighted by atomic mass is 32.2. The lowest BCUT2D eigenvalue weighted by Gasteiger charge is -2.33. The second kappa shape index (κ2) is 6.47. The number of hydrogen-bond donors (Lipinski definition) is 1. The third-order valence-corrected chi connectivity index (χ3v) is 5.12. The molecule has 0 bridgehead atoms. The lowest BCUT2D eigenvalue weighted by molar-refractivity contribution is 0.0314. The summed E-state index contributed by atoms with van der Waals surface area (Å²) < 4.78 is 32.0. The Morgan fingerprint density at radius 3 is 2.70 bits per heavy atom. The smallest absolute Gasteiger partial charge is 0.246 e. The third-order valence-electron chi connectivity index (χ3n) is 3.21. The van der Waals surface area contributed by atoms with E-state index >= 15 is 0 Å². The van der Waals surface area contributed by atoms with Crippen LogP contribution in [0, 0.1) is 0 Å². The molecule has 1 aliphatic heterocycles. The van der Waals surface area contributed by atoms with Gasteiger partial charge in [0, 0.05) is 19.1 Å². The molecule has 1 saturated heterocycles. The van der Waals surface area contributed by atoms with Crippen molar-refractivity contribution in [1.29, 1.82) is 0 Å². The van der Waals surface area contributed by atoms with Gasteiger partial charge in [-0.3, -0.25) is 0 Å². The molecule has 1 atom stereocenters.